The van der Waals surface area contributed by atoms with Crippen molar-refractivity contribution in [1.82, 2.24) is 5.32 Å². The van der Waals surface area contributed by atoms with E-state index >= 15 is 0 Å². The minimum absolute atomic E-state index is 0.184. The lowest BCUT2D eigenvalue weighted by Gasteiger charge is -2.10. The van der Waals surface area contributed by atoms with Gasteiger partial charge in [-0.1, -0.05) is 23.7 Å². The van der Waals surface area contributed by atoms with Crippen molar-refractivity contribution in [3.05, 3.63) is 34.6 Å². The molecule has 0 bridgehead atoms. The molecule has 2 rings (SSSR count). The maximum Gasteiger partial charge on any atom is 0.146 e. The first-order valence-electron chi connectivity index (χ1n) is 5.48. The van der Waals surface area contributed by atoms with Gasteiger partial charge in [-0.25, -0.2) is 4.39 Å². The van der Waals surface area contributed by atoms with Crippen LogP contribution in [0.25, 0.3) is 0 Å². The molecule has 0 radical (unpaired) electrons. The fourth-order valence-electron chi connectivity index (χ4n) is 1.84. The van der Waals surface area contributed by atoms with Crippen molar-refractivity contribution < 1.29 is 9.13 Å². The lowest BCUT2D eigenvalue weighted by Crippen LogP contribution is -2.23. The molecule has 2 nitrogen and oxygen atoms in total. The molecule has 1 aromatic carbocycles. The first-order valence-corrected chi connectivity index (χ1v) is 5.86. The fourth-order valence-corrected chi connectivity index (χ4v) is 2.03. The summed E-state index contributed by atoms with van der Waals surface area (Å²) in [5, 5.41) is 3.42. The number of halogens is 2. The Morgan fingerprint density at radius 1 is 1.50 bits per heavy atom. The van der Waals surface area contributed by atoms with Gasteiger partial charge in [-0.15, -0.1) is 0 Å². The van der Waals surface area contributed by atoms with E-state index in [-0.39, 0.29) is 10.8 Å². The van der Waals surface area contributed by atoms with Crippen LogP contribution in [0.1, 0.15) is 12.0 Å². The maximum absolute atomic E-state index is 13.5. The van der Waals surface area contributed by atoms with Crippen LogP contribution in [0.5, 0.6) is 0 Å². The van der Waals surface area contributed by atoms with Crippen LogP contribution in [-0.2, 0) is 11.3 Å². The van der Waals surface area contributed by atoms with E-state index in [0.717, 1.165) is 26.2 Å². The molecule has 1 fully saturated rings. The zero-order valence-electron chi connectivity index (χ0n) is 9.01. The van der Waals surface area contributed by atoms with Gasteiger partial charge >= 0.3 is 0 Å². The minimum atomic E-state index is -0.320. The molecule has 1 aliphatic heterocycles. The molecular formula is C12H15ClFNO. The number of hydrogen-bond acceptors (Lipinski definition) is 2. The molecule has 1 aliphatic rings. The second-order valence-corrected chi connectivity index (χ2v) is 4.48. The van der Waals surface area contributed by atoms with E-state index in [1.807, 2.05) is 0 Å². The van der Waals surface area contributed by atoms with Crippen molar-refractivity contribution in [3.63, 3.8) is 0 Å². The van der Waals surface area contributed by atoms with Crippen molar-refractivity contribution in [2.75, 3.05) is 19.8 Å². The highest BCUT2D eigenvalue weighted by Crippen LogP contribution is 2.18. The van der Waals surface area contributed by atoms with Gasteiger partial charge in [0.2, 0.25) is 0 Å². The predicted octanol–water partition coefficient (Wildman–Crippen LogP) is 2.61. The molecule has 1 saturated heterocycles. The molecule has 1 unspecified atom stereocenters. The third-order valence-electron chi connectivity index (χ3n) is 2.80. The summed E-state index contributed by atoms with van der Waals surface area (Å²) in [7, 11) is 0. The fraction of sp³-hybridized carbons (Fsp3) is 0.500. The highest BCUT2D eigenvalue weighted by Gasteiger charge is 2.15. The van der Waals surface area contributed by atoms with Crippen molar-refractivity contribution in [1.29, 1.82) is 0 Å². The largest absolute Gasteiger partial charge is 0.381 e. The Morgan fingerprint density at radius 2 is 2.38 bits per heavy atom. The lowest BCUT2D eigenvalue weighted by molar-refractivity contribution is 0.185. The number of benzene rings is 1. The normalized spacial score (nSPS) is 20.2. The highest BCUT2D eigenvalue weighted by atomic mass is 35.5. The summed E-state index contributed by atoms with van der Waals surface area (Å²) in [5.41, 5.74) is 0.617. The third kappa shape index (κ3) is 2.94. The number of rotatable bonds is 4. The second-order valence-electron chi connectivity index (χ2n) is 4.07. The zero-order chi connectivity index (χ0) is 11.4. The van der Waals surface area contributed by atoms with E-state index in [2.05, 4.69) is 5.32 Å². The number of ether oxygens (including phenoxy) is 1. The van der Waals surface area contributed by atoms with Crippen LogP contribution < -0.4 is 5.32 Å². The predicted molar refractivity (Wildman–Crippen MR) is 62.0 cm³/mol. The standard InChI is InChI=1S/C12H15ClFNO/c13-11-3-1-2-10(12(11)14)7-15-6-9-4-5-16-8-9/h1-3,9,15H,4-8H2. The zero-order valence-corrected chi connectivity index (χ0v) is 9.77. The summed E-state index contributed by atoms with van der Waals surface area (Å²) in [6.07, 6.45) is 1.09. The van der Waals surface area contributed by atoms with Crippen molar-refractivity contribution in [3.8, 4) is 0 Å². The lowest BCUT2D eigenvalue weighted by atomic mass is 10.1. The molecule has 0 aromatic heterocycles. The van der Waals surface area contributed by atoms with Crippen LogP contribution in [-0.4, -0.2) is 19.8 Å². The quantitative estimate of drug-likeness (QED) is 0.878. The Labute approximate surface area is 99.7 Å². The highest BCUT2D eigenvalue weighted by molar-refractivity contribution is 6.30. The first-order chi connectivity index (χ1) is 7.77. The molecular weight excluding hydrogens is 229 g/mol. The molecule has 0 saturated carbocycles. The molecule has 1 aromatic rings. The summed E-state index contributed by atoms with van der Waals surface area (Å²) in [5.74, 6) is 0.238. The van der Waals surface area contributed by atoms with Gasteiger partial charge in [-0.3, -0.25) is 0 Å². The minimum Gasteiger partial charge on any atom is -0.381 e. The molecule has 88 valence electrons. The van der Waals surface area contributed by atoms with Gasteiger partial charge < -0.3 is 10.1 Å². The summed E-state index contributed by atoms with van der Waals surface area (Å²) >= 11 is 5.70. The molecule has 1 atom stereocenters. The van der Waals surface area contributed by atoms with Gasteiger partial charge in [0, 0.05) is 25.3 Å². The van der Waals surface area contributed by atoms with E-state index in [1.54, 1.807) is 18.2 Å². The van der Waals surface area contributed by atoms with E-state index in [4.69, 9.17) is 16.3 Å². The monoisotopic (exact) mass is 243 g/mol. The van der Waals surface area contributed by atoms with Crippen LogP contribution >= 0.6 is 11.6 Å². The maximum atomic E-state index is 13.5. The first kappa shape index (κ1) is 11.8. The molecule has 16 heavy (non-hydrogen) atoms. The summed E-state index contributed by atoms with van der Waals surface area (Å²) in [6.45, 7) is 3.04. The smallest absolute Gasteiger partial charge is 0.146 e. The Balaban J connectivity index is 1.82. The third-order valence-corrected chi connectivity index (χ3v) is 3.10. The van der Waals surface area contributed by atoms with Gasteiger partial charge in [-0.2, -0.15) is 0 Å². The molecule has 0 amide bonds. The van der Waals surface area contributed by atoms with Gasteiger partial charge in [0.15, 0.2) is 0 Å². The van der Waals surface area contributed by atoms with E-state index in [9.17, 15) is 4.39 Å². The van der Waals surface area contributed by atoms with Crippen LogP contribution in [0, 0.1) is 11.7 Å². The van der Waals surface area contributed by atoms with Gasteiger partial charge in [0.05, 0.1) is 11.6 Å². The van der Waals surface area contributed by atoms with Crippen LogP contribution in [0.15, 0.2) is 18.2 Å². The van der Waals surface area contributed by atoms with Gasteiger partial charge in [0.1, 0.15) is 5.82 Å². The Morgan fingerprint density at radius 3 is 3.12 bits per heavy atom. The number of hydrogen-bond donors (Lipinski definition) is 1. The van der Waals surface area contributed by atoms with Crippen LogP contribution in [0.3, 0.4) is 0 Å². The summed E-state index contributed by atoms with van der Waals surface area (Å²) < 4.78 is 18.8. The van der Waals surface area contributed by atoms with E-state index in [0.29, 0.717) is 18.0 Å². The van der Waals surface area contributed by atoms with Gasteiger partial charge in [0.25, 0.3) is 0 Å². The van der Waals surface area contributed by atoms with Crippen molar-refractivity contribution >= 4 is 11.6 Å². The van der Waals surface area contributed by atoms with Crippen LogP contribution in [0.4, 0.5) is 4.39 Å². The topological polar surface area (TPSA) is 21.3 Å². The second kappa shape index (κ2) is 5.62. The average molecular weight is 244 g/mol. The van der Waals surface area contributed by atoms with E-state index < -0.39 is 0 Å². The summed E-state index contributed by atoms with van der Waals surface area (Å²) in [6, 6.07) is 5.08. The molecule has 0 spiro atoms. The molecule has 4 heteroatoms. The van der Waals surface area contributed by atoms with Crippen molar-refractivity contribution in [2.24, 2.45) is 5.92 Å². The SMILES string of the molecule is Fc1c(Cl)cccc1CNCC1CCOC1. The van der Waals surface area contributed by atoms with Crippen molar-refractivity contribution in [2.45, 2.75) is 13.0 Å². The summed E-state index contributed by atoms with van der Waals surface area (Å²) in [4.78, 5) is 0. The number of nitrogens with one attached hydrogen (secondary N) is 1. The Kier molecular flexibility index (Phi) is 4.16. The van der Waals surface area contributed by atoms with Crippen LogP contribution in [0.2, 0.25) is 5.02 Å². The molecule has 1 heterocycles. The van der Waals surface area contributed by atoms with Gasteiger partial charge in [-0.05, 0) is 18.4 Å². The van der Waals surface area contributed by atoms with E-state index in [1.165, 1.54) is 0 Å². The Bertz CT molecular complexity index is 353. The average Bonchev–Trinajstić information content (AvgIpc) is 2.77. The molecule has 1 N–H and O–H groups in total. The Hall–Kier alpha value is -0.640. The molecule has 0 aliphatic carbocycles.